The Kier molecular flexibility index (Phi) is 2.74. The Bertz CT molecular complexity index is 447. The van der Waals surface area contributed by atoms with Crippen LogP contribution in [0.1, 0.15) is 32.3 Å². The van der Waals surface area contributed by atoms with Gasteiger partial charge in [-0.1, -0.05) is 19.9 Å². The molecule has 1 aromatic carbocycles. The Labute approximate surface area is 109 Å². The minimum atomic E-state index is 0.244. The van der Waals surface area contributed by atoms with Gasteiger partial charge in [-0.25, -0.2) is 0 Å². The third-order valence-electron chi connectivity index (χ3n) is 4.38. The summed E-state index contributed by atoms with van der Waals surface area (Å²) < 4.78 is 0. The highest BCUT2D eigenvalue weighted by Gasteiger charge is 2.38. The summed E-state index contributed by atoms with van der Waals surface area (Å²) >= 11 is 0. The van der Waals surface area contributed by atoms with Crippen molar-refractivity contribution in [2.24, 2.45) is 0 Å². The van der Waals surface area contributed by atoms with Crippen molar-refractivity contribution in [1.82, 2.24) is 5.32 Å². The van der Waals surface area contributed by atoms with Gasteiger partial charge < -0.3 is 16.0 Å². The van der Waals surface area contributed by atoms with E-state index in [0.29, 0.717) is 6.04 Å². The average molecular weight is 245 g/mol. The average Bonchev–Trinajstić information content (AvgIpc) is 2.62. The topological polar surface area (TPSA) is 41.3 Å². The van der Waals surface area contributed by atoms with Crippen molar-refractivity contribution >= 4 is 11.4 Å². The molecule has 2 aliphatic heterocycles. The van der Waals surface area contributed by atoms with Crippen molar-refractivity contribution in [2.45, 2.75) is 38.1 Å². The van der Waals surface area contributed by atoms with Crippen molar-refractivity contribution in [3.8, 4) is 0 Å². The Morgan fingerprint density at radius 3 is 2.72 bits per heavy atom. The Balaban J connectivity index is 1.97. The maximum atomic E-state index is 5.97. The summed E-state index contributed by atoms with van der Waals surface area (Å²) in [5.74, 6) is 0. The third-order valence-corrected chi connectivity index (χ3v) is 4.38. The first-order chi connectivity index (χ1) is 8.58. The van der Waals surface area contributed by atoms with Gasteiger partial charge in [0, 0.05) is 29.4 Å². The minimum Gasteiger partial charge on any atom is -0.399 e. The van der Waals surface area contributed by atoms with Crippen LogP contribution in [0.3, 0.4) is 0 Å². The fourth-order valence-corrected chi connectivity index (χ4v) is 3.40. The van der Waals surface area contributed by atoms with Crippen LogP contribution in [0.5, 0.6) is 0 Å². The summed E-state index contributed by atoms with van der Waals surface area (Å²) in [6.07, 6.45) is 2.48. The van der Waals surface area contributed by atoms with Crippen LogP contribution in [0, 0.1) is 0 Å². The summed E-state index contributed by atoms with van der Waals surface area (Å²) in [4.78, 5) is 2.59. The fourth-order valence-electron chi connectivity index (χ4n) is 3.40. The van der Waals surface area contributed by atoms with Gasteiger partial charge in [-0.15, -0.1) is 0 Å². The number of nitrogens with two attached hydrogens (primary N) is 1. The van der Waals surface area contributed by atoms with Crippen molar-refractivity contribution in [2.75, 3.05) is 30.3 Å². The minimum absolute atomic E-state index is 0.244. The summed E-state index contributed by atoms with van der Waals surface area (Å²) in [7, 11) is 0. The van der Waals surface area contributed by atoms with Crippen molar-refractivity contribution in [3.63, 3.8) is 0 Å². The summed E-state index contributed by atoms with van der Waals surface area (Å²) in [5, 5.41) is 3.44. The van der Waals surface area contributed by atoms with Gasteiger partial charge in [0.05, 0.1) is 0 Å². The first-order valence-corrected chi connectivity index (χ1v) is 6.95. The highest BCUT2D eigenvalue weighted by Crippen LogP contribution is 2.43. The van der Waals surface area contributed by atoms with Crippen LogP contribution in [-0.4, -0.2) is 25.7 Å². The fraction of sp³-hybridized carbons (Fsp3) is 0.600. The molecule has 0 aromatic heterocycles. The van der Waals surface area contributed by atoms with Gasteiger partial charge in [-0.05, 0) is 43.6 Å². The molecule has 1 fully saturated rings. The van der Waals surface area contributed by atoms with Crippen LogP contribution in [0.4, 0.5) is 11.4 Å². The molecule has 1 saturated heterocycles. The monoisotopic (exact) mass is 245 g/mol. The molecule has 18 heavy (non-hydrogen) atoms. The van der Waals surface area contributed by atoms with Gasteiger partial charge in [-0.3, -0.25) is 0 Å². The number of rotatable bonds is 1. The van der Waals surface area contributed by atoms with E-state index in [1.807, 2.05) is 6.07 Å². The standard InChI is InChI=1S/C15H23N3/c1-15(2)10-18(12-5-7-17-8-6-12)14-9-11(16)3-4-13(14)15/h3-4,9,12,17H,5-8,10,16H2,1-2H3. The van der Waals surface area contributed by atoms with Gasteiger partial charge in [-0.2, -0.15) is 0 Å². The van der Waals surface area contributed by atoms with E-state index >= 15 is 0 Å². The van der Waals surface area contributed by atoms with Crippen molar-refractivity contribution in [1.29, 1.82) is 0 Å². The normalized spacial score (nSPS) is 23.1. The highest BCUT2D eigenvalue weighted by atomic mass is 15.2. The third kappa shape index (κ3) is 1.87. The molecule has 0 aliphatic carbocycles. The molecule has 0 amide bonds. The van der Waals surface area contributed by atoms with E-state index in [-0.39, 0.29) is 5.41 Å². The lowest BCUT2D eigenvalue weighted by molar-refractivity contribution is 0.415. The summed E-state index contributed by atoms with van der Waals surface area (Å²) in [5.41, 5.74) is 9.92. The smallest absolute Gasteiger partial charge is 0.0428 e. The number of anilines is 2. The molecule has 0 saturated carbocycles. The van der Waals surface area contributed by atoms with Gasteiger partial charge in [0.25, 0.3) is 0 Å². The van der Waals surface area contributed by atoms with Crippen LogP contribution < -0.4 is 16.0 Å². The molecule has 0 bridgehead atoms. The molecular formula is C15H23N3. The second-order valence-corrected chi connectivity index (χ2v) is 6.27. The molecule has 3 N–H and O–H groups in total. The van der Waals surface area contributed by atoms with E-state index in [9.17, 15) is 0 Å². The Hall–Kier alpha value is -1.22. The highest BCUT2D eigenvalue weighted by molar-refractivity contribution is 5.68. The maximum Gasteiger partial charge on any atom is 0.0428 e. The van der Waals surface area contributed by atoms with Gasteiger partial charge in [0.1, 0.15) is 0 Å². The van der Waals surface area contributed by atoms with E-state index in [0.717, 1.165) is 25.3 Å². The lowest BCUT2D eigenvalue weighted by atomic mass is 9.87. The van der Waals surface area contributed by atoms with E-state index in [1.165, 1.54) is 24.1 Å². The molecule has 3 heteroatoms. The van der Waals surface area contributed by atoms with Crippen LogP contribution >= 0.6 is 0 Å². The van der Waals surface area contributed by atoms with Crippen LogP contribution in [0.25, 0.3) is 0 Å². The van der Waals surface area contributed by atoms with Gasteiger partial charge in [0.2, 0.25) is 0 Å². The number of nitrogens with zero attached hydrogens (tertiary/aromatic N) is 1. The van der Waals surface area contributed by atoms with E-state index in [1.54, 1.807) is 0 Å². The molecule has 0 spiro atoms. The molecule has 2 aliphatic rings. The van der Waals surface area contributed by atoms with Crippen LogP contribution in [0.2, 0.25) is 0 Å². The molecule has 1 aromatic rings. The molecule has 0 unspecified atom stereocenters. The van der Waals surface area contributed by atoms with Crippen molar-refractivity contribution < 1.29 is 0 Å². The second kappa shape index (κ2) is 4.16. The zero-order valence-corrected chi connectivity index (χ0v) is 11.4. The lowest BCUT2D eigenvalue weighted by Gasteiger charge is -2.34. The first kappa shape index (κ1) is 11.8. The van der Waals surface area contributed by atoms with Gasteiger partial charge >= 0.3 is 0 Å². The number of nitrogen functional groups attached to an aromatic ring is 1. The van der Waals surface area contributed by atoms with Gasteiger partial charge in [0.15, 0.2) is 0 Å². The second-order valence-electron chi connectivity index (χ2n) is 6.27. The summed E-state index contributed by atoms with van der Waals surface area (Å²) in [6.45, 7) is 8.07. The molecule has 98 valence electrons. The van der Waals surface area contributed by atoms with Crippen molar-refractivity contribution in [3.05, 3.63) is 23.8 Å². The number of fused-ring (bicyclic) bond motifs is 1. The van der Waals surface area contributed by atoms with E-state index < -0.39 is 0 Å². The molecule has 0 atom stereocenters. The zero-order chi connectivity index (χ0) is 12.8. The Morgan fingerprint density at radius 2 is 2.00 bits per heavy atom. The zero-order valence-electron chi connectivity index (χ0n) is 11.4. The number of nitrogens with one attached hydrogen (secondary N) is 1. The predicted octanol–water partition coefficient (Wildman–Crippen LogP) is 2.12. The number of hydrogen-bond acceptors (Lipinski definition) is 3. The Morgan fingerprint density at radius 1 is 1.28 bits per heavy atom. The molecule has 3 rings (SSSR count). The largest absolute Gasteiger partial charge is 0.399 e. The first-order valence-electron chi connectivity index (χ1n) is 6.95. The number of piperidine rings is 1. The maximum absolute atomic E-state index is 5.97. The molecule has 3 nitrogen and oxygen atoms in total. The number of benzene rings is 1. The molecular weight excluding hydrogens is 222 g/mol. The molecule has 2 heterocycles. The molecule has 0 radical (unpaired) electrons. The lowest BCUT2D eigenvalue weighted by Crippen LogP contribution is -2.44. The van der Waals surface area contributed by atoms with E-state index in [4.69, 9.17) is 5.73 Å². The van der Waals surface area contributed by atoms with E-state index in [2.05, 4.69) is 36.2 Å². The predicted molar refractivity (Wildman–Crippen MR) is 77.1 cm³/mol. The SMILES string of the molecule is CC1(C)CN(C2CCNCC2)c2cc(N)ccc21. The number of hydrogen-bond donors (Lipinski definition) is 2. The quantitative estimate of drug-likeness (QED) is 0.745. The van der Waals surface area contributed by atoms with Crippen LogP contribution in [0.15, 0.2) is 18.2 Å². The van der Waals surface area contributed by atoms with Crippen LogP contribution in [-0.2, 0) is 5.41 Å². The summed E-state index contributed by atoms with van der Waals surface area (Å²) in [6, 6.07) is 7.08.